The standard InChI is InChI=1S/C16H15FN4O2/c17-12-4-2-1-3-11(12)16(6-7-16)14(22)21-13(18)5-8-19-15-20-9-10-23-15/h1-5,8-10H,6-7H2,(H,19,20)(H2,18,21,22)/b8-5-. The molecular weight excluding hydrogens is 299 g/mol. The molecule has 2 aromatic rings. The molecule has 0 spiro atoms. The number of nitrogens with two attached hydrogens (primary N) is 1. The van der Waals surface area contributed by atoms with E-state index >= 15 is 0 Å². The first kappa shape index (κ1) is 15.0. The average Bonchev–Trinajstić information content (AvgIpc) is 3.18. The monoisotopic (exact) mass is 314 g/mol. The number of amidine groups is 1. The topological polar surface area (TPSA) is 93.5 Å². The predicted octanol–water partition coefficient (Wildman–Crippen LogP) is 2.35. The van der Waals surface area contributed by atoms with Gasteiger partial charge in [-0.25, -0.2) is 9.37 Å². The molecule has 1 aromatic heterocycles. The summed E-state index contributed by atoms with van der Waals surface area (Å²) >= 11 is 0. The van der Waals surface area contributed by atoms with Crippen molar-refractivity contribution in [1.82, 2.24) is 4.98 Å². The van der Waals surface area contributed by atoms with Crippen LogP contribution in [0, 0.1) is 5.82 Å². The third kappa shape index (κ3) is 3.13. The second kappa shape index (κ2) is 6.04. The molecule has 7 heteroatoms. The molecule has 0 atom stereocenters. The number of halogens is 1. The molecule has 1 aliphatic carbocycles. The number of aliphatic imine (C=N–C) groups is 1. The summed E-state index contributed by atoms with van der Waals surface area (Å²) in [6, 6.07) is 6.56. The highest BCUT2D eigenvalue weighted by Gasteiger charge is 2.52. The van der Waals surface area contributed by atoms with E-state index in [-0.39, 0.29) is 5.84 Å². The highest BCUT2D eigenvalue weighted by Crippen LogP contribution is 2.50. The van der Waals surface area contributed by atoms with Gasteiger partial charge in [-0.05, 0) is 25.0 Å². The van der Waals surface area contributed by atoms with Crippen LogP contribution in [-0.2, 0) is 10.2 Å². The van der Waals surface area contributed by atoms with Crippen molar-refractivity contribution in [1.29, 1.82) is 0 Å². The summed E-state index contributed by atoms with van der Waals surface area (Å²) in [5.41, 5.74) is 5.22. The molecule has 0 saturated heterocycles. The number of rotatable bonds is 5. The Balaban J connectivity index is 1.70. The van der Waals surface area contributed by atoms with E-state index < -0.39 is 17.1 Å². The van der Waals surface area contributed by atoms with Crippen LogP contribution < -0.4 is 11.1 Å². The van der Waals surface area contributed by atoms with Crippen molar-refractivity contribution < 1.29 is 13.6 Å². The van der Waals surface area contributed by atoms with Gasteiger partial charge in [-0.1, -0.05) is 18.2 Å². The van der Waals surface area contributed by atoms with Gasteiger partial charge in [0, 0.05) is 11.8 Å². The predicted molar refractivity (Wildman–Crippen MR) is 83.2 cm³/mol. The maximum atomic E-state index is 13.9. The average molecular weight is 314 g/mol. The number of nitrogens with zero attached hydrogens (tertiary/aromatic N) is 2. The van der Waals surface area contributed by atoms with Crippen molar-refractivity contribution in [2.45, 2.75) is 18.3 Å². The zero-order chi connectivity index (χ0) is 16.3. The summed E-state index contributed by atoms with van der Waals surface area (Å²) in [6.07, 6.45) is 6.93. The van der Waals surface area contributed by atoms with Gasteiger partial charge >= 0.3 is 0 Å². The number of hydrogen-bond donors (Lipinski definition) is 2. The molecule has 23 heavy (non-hydrogen) atoms. The first-order valence-corrected chi connectivity index (χ1v) is 7.08. The van der Waals surface area contributed by atoms with Gasteiger partial charge in [-0.3, -0.25) is 4.79 Å². The Kier molecular flexibility index (Phi) is 3.92. The van der Waals surface area contributed by atoms with Gasteiger partial charge in [0.05, 0.1) is 11.6 Å². The lowest BCUT2D eigenvalue weighted by molar-refractivity contribution is -0.120. The summed E-state index contributed by atoms with van der Waals surface area (Å²) < 4.78 is 18.9. The van der Waals surface area contributed by atoms with Crippen LogP contribution in [0.1, 0.15) is 18.4 Å². The Bertz CT molecular complexity index is 764. The number of carbonyl (C=O) groups is 1. The first-order chi connectivity index (χ1) is 11.1. The zero-order valence-corrected chi connectivity index (χ0v) is 12.2. The Morgan fingerprint density at radius 1 is 1.43 bits per heavy atom. The van der Waals surface area contributed by atoms with Gasteiger partial charge in [0.15, 0.2) is 0 Å². The minimum atomic E-state index is -0.875. The SMILES string of the molecule is NC(/C=C\Nc1ncco1)=NC(=O)C1(c2ccccc2F)CC1. The van der Waals surface area contributed by atoms with E-state index in [4.69, 9.17) is 10.2 Å². The van der Waals surface area contributed by atoms with Gasteiger partial charge in [-0.2, -0.15) is 4.99 Å². The third-order valence-electron chi connectivity index (χ3n) is 3.67. The highest BCUT2D eigenvalue weighted by atomic mass is 19.1. The Morgan fingerprint density at radius 2 is 2.22 bits per heavy atom. The van der Waals surface area contributed by atoms with Crippen LogP contribution in [0.2, 0.25) is 0 Å². The minimum absolute atomic E-state index is 0.0247. The number of benzene rings is 1. The van der Waals surface area contributed by atoms with Crippen LogP contribution in [0.5, 0.6) is 0 Å². The van der Waals surface area contributed by atoms with Crippen molar-refractivity contribution in [3.8, 4) is 0 Å². The maximum absolute atomic E-state index is 13.9. The van der Waals surface area contributed by atoms with Gasteiger partial charge in [0.2, 0.25) is 0 Å². The Hall–Kier alpha value is -2.96. The van der Waals surface area contributed by atoms with Crippen LogP contribution in [0.3, 0.4) is 0 Å². The molecule has 0 unspecified atom stereocenters. The molecule has 1 heterocycles. The van der Waals surface area contributed by atoms with E-state index in [1.807, 2.05) is 0 Å². The van der Waals surface area contributed by atoms with Crippen molar-refractivity contribution in [3.05, 3.63) is 60.4 Å². The number of amides is 1. The molecular formula is C16H15FN4O2. The van der Waals surface area contributed by atoms with Gasteiger partial charge < -0.3 is 15.5 Å². The van der Waals surface area contributed by atoms with Crippen molar-refractivity contribution in [2.24, 2.45) is 10.7 Å². The summed E-state index contributed by atoms with van der Waals surface area (Å²) in [7, 11) is 0. The third-order valence-corrected chi connectivity index (χ3v) is 3.67. The summed E-state index contributed by atoms with van der Waals surface area (Å²) in [5.74, 6) is -0.800. The van der Waals surface area contributed by atoms with Crippen molar-refractivity contribution in [3.63, 3.8) is 0 Å². The minimum Gasteiger partial charge on any atom is -0.432 e. The quantitative estimate of drug-likeness (QED) is 0.652. The molecule has 0 aliphatic heterocycles. The summed E-state index contributed by atoms with van der Waals surface area (Å²) in [4.78, 5) is 20.1. The van der Waals surface area contributed by atoms with Crippen LogP contribution in [0.15, 0.2) is 58.4 Å². The van der Waals surface area contributed by atoms with Crippen molar-refractivity contribution in [2.75, 3.05) is 5.32 Å². The molecule has 1 saturated carbocycles. The molecule has 1 aliphatic rings. The number of aromatic nitrogens is 1. The van der Waals surface area contributed by atoms with Gasteiger partial charge in [0.1, 0.15) is 17.9 Å². The lowest BCUT2D eigenvalue weighted by atomic mass is 9.94. The smallest absolute Gasteiger partial charge is 0.298 e. The Morgan fingerprint density at radius 3 is 2.87 bits per heavy atom. The fourth-order valence-corrected chi connectivity index (χ4v) is 2.33. The Labute approximate surface area is 131 Å². The van der Waals surface area contributed by atoms with E-state index in [1.165, 1.54) is 30.8 Å². The van der Waals surface area contributed by atoms with E-state index in [2.05, 4.69) is 15.3 Å². The number of nitrogens with one attached hydrogen (secondary N) is 1. The normalized spacial score (nSPS) is 16.5. The van der Waals surface area contributed by atoms with Crippen molar-refractivity contribution >= 4 is 17.8 Å². The molecule has 3 N–H and O–H groups in total. The molecule has 1 fully saturated rings. The van der Waals surface area contributed by atoms with E-state index in [0.717, 1.165) is 0 Å². The van der Waals surface area contributed by atoms with E-state index in [0.29, 0.717) is 24.4 Å². The number of anilines is 1. The summed E-state index contributed by atoms with van der Waals surface area (Å²) in [6.45, 7) is 0. The molecule has 0 radical (unpaired) electrons. The second-order valence-corrected chi connectivity index (χ2v) is 5.22. The van der Waals surface area contributed by atoms with Crippen LogP contribution in [0.4, 0.5) is 10.4 Å². The van der Waals surface area contributed by atoms with Gasteiger partial charge in [0.25, 0.3) is 11.9 Å². The fraction of sp³-hybridized carbons (Fsp3) is 0.188. The highest BCUT2D eigenvalue weighted by molar-refractivity contribution is 6.04. The molecule has 1 amide bonds. The van der Waals surface area contributed by atoms with E-state index in [1.54, 1.807) is 18.2 Å². The molecule has 1 aromatic carbocycles. The zero-order valence-electron chi connectivity index (χ0n) is 12.2. The van der Waals surface area contributed by atoms with Crippen LogP contribution in [-0.4, -0.2) is 16.7 Å². The second-order valence-electron chi connectivity index (χ2n) is 5.22. The number of hydrogen-bond acceptors (Lipinski definition) is 4. The summed E-state index contributed by atoms with van der Waals surface area (Å²) in [5, 5.41) is 2.73. The lowest BCUT2D eigenvalue weighted by Gasteiger charge is -2.12. The van der Waals surface area contributed by atoms with Crippen LogP contribution in [0.25, 0.3) is 0 Å². The molecule has 6 nitrogen and oxygen atoms in total. The fourth-order valence-electron chi connectivity index (χ4n) is 2.33. The molecule has 0 bridgehead atoms. The maximum Gasteiger partial charge on any atom is 0.298 e. The molecule has 118 valence electrons. The lowest BCUT2D eigenvalue weighted by Crippen LogP contribution is -2.23. The molecule has 3 rings (SSSR count). The first-order valence-electron chi connectivity index (χ1n) is 7.08. The number of carbonyl (C=O) groups excluding carboxylic acids is 1. The number of oxazole rings is 1. The van der Waals surface area contributed by atoms with E-state index in [9.17, 15) is 9.18 Å². The van der Waals surface area contributed by atoms with Gasteiger partial charge in [-0.15, -0.1) is 0 Å². The largest absolute Gasteiger partial charge is 0.432 e. The van der Waals surface area contributed by atoms with Crippen LogP contribution >= 0.6 is 0 Å².